The van der Waals surface area contributed by atoms with Crippen molar-refractivity contribution in [2.75, 3.05) is 6.54 Å². The second-order valence-electron chi connectivity index (χ2n) is 6.63. The molecule has 1 saturated carbocycles. The third-order valence-electron chi connectivity index (χ3n) is 4.77. The lowest BCUT2D eigenvalue weighted by Gasteiger charge is -2.27. The third kappa shape index (κ3) is 2.51. The van der Waals surface area contributed by atoms with Crippen molar-refractivity contribution in [2.24, 2.45) is 0 Å². The summed E-state index contributed by atoms with van der Waals surface area (Å²) in [5.41, 5.74) is 4.67. The first kappa shape index (κ1) is 13.2. The van der Waals surface area contributed by atoms with Gasteiger partial charge in [0.2, 0.25) is 0 Å². The first-order valence-corrected chi connectivity index (χ1v) is 8.35. The van der Waals surface area contributed by atoms with Crippen molar-refractivity contribution in [1.29, 1.82) is 0 Å². The van der Waals surface area contributed by atoms with Crippen LogP contribution in [-0.2, 0) is 19.5 Å². The van der Waals surface area contributed by atoms with Crippen molar-refractivity contribution in [1.82, 2.24) is 24.3 Å². The van der Waals surface area contributed by atoms with E-state index in [1.807, 2.05) is 30.6 Å². The molecular weight excluding hydrogens is 286 g/mol. The van der Waals surface area contributed by atoms with Crippen molar-refractivity contribution < 1.29 is 0 Å². The summed E-state index contributed by atoms with van der Waals surface area (Å²) in [4.78, 5) is 16.5. The van der Waals surface area contributed by atoms with Crippen LogP contribution in [0.25, 0.3) is 5.65 Å². The molecule has 5 rings (SSSR count). The Balaban J connectivity index is 1.34. The topological polar surface area (TPSA) is 46.3 Å². The number of aromatic nitrogens is 4. The van der Waals surface area contributed by atoms with E-state index < -0.39 is 0 Å². The lowest BCUT2D eigenvalue weighted by Crippen LogP contribution is -2.31. The minimum atomic E-state index is 0.635. The van der Waals surface area contributed by atoms with Gasteiger partial charge in [0.1, 0.15) is 11.5 Å². The van der Waals surface area contributed by atoms with Crippen LogP contribution < -0.4 is 0 Å². The Hall–Kier alpha value is -2.27. The van der Waals surface area contributed by atoms with Crippen molar-refractivity contribution in [3.05, 3.63) is 59.6 Å². The maximum atomic E-state index is 4.79. The van der Waals surface area contributed by atoms with Crippen LogP contribution in [0.15, 0.2) is 36.8 Å². The van der Waals surface area contributed by atoms with Gasteiger partial charge in [0, 0.05) is 61.8 Å². The van der Waals surface area contributed by atoms with E-state index in [0.717, 1.165) is 43.2 Å². The zero-order valence-corrected chi connectivity index (χ0v) is 13.0. The van der Waals surface area contributed by atoms with Crippen LogP contribution in [0, 0.1) is 0 Å². The third-order valence-corrected chi connectivity index (χ3v) is 4.77. The Morgan fingerprint density at radius 1 is 1.17 bits per heavy atom. The highest BCUT2D eigenvalue weighted by Gasteiger charge is 2.28. The zero-order valence-electron chi connectivity index (χ0n) is 13.0. The van der Waals surface area contributed by atoms with E-state index in [4.69, 9.17) is 9.97 Å². The maximum absolute atomic E-state index is 4.79. The van der Waals surface area contributed by atoms with Gasteiger partial charge in [0.15, 0.2) is 0 Å². The monoisotopic (exact) mass is 305 g/mol. The molecule has 5 heteroatoms. The molecule has 116 valence electrons. The van der Waals surface area contributed by atoms with E-state index in [-0.39, 0.29) is 0 Å². The lowest BCUT2D eigenvalue weighted by atomic mass is 10.1. The average Bonchev–Trinajstić information content (AvgIpc) is 3.34. The van der Waals surface area contributed by atoms with Gasteiger partial charge >= 0.3 is 0 Å². The van der Waals surface area contributed by atoms with Gasteiger partial charge in [-0.25, -0.2) is 15.0 Å². The van der Waals surface area contributed by atoms with Gasteiger partial charge in [0.05, 0.1) is 5.69 Å². The molecule has 3 aromatic heterocycles. The summed E-state index contributed by atoms with van der Waals surface area (Å²) in [7, 11) is 0. The fraction of sp³-hybridized carbons (Fsp3) is 0.389. The Labute approximate surface area is 135 Å². The second-order valence-corrected chi connectivity index (χ2v) is 6.63. The van der Waals surface area contributed by atoms with Crippen molar-refractivity contribution in [3.8, 4) is 0 Å². The first-order valence-electron chi connectivity index (χ1n) is 8.35. The number of nitrogens with zero attached hydrogens (tertiary/aromatic N) is 5. The number of hydrogen-bond acceptors (Lipinski definition) is 4. The molecule has 2 aliphatic rings. The predicted octanol–water partition coefficient (Wildman–Crippen LogP) is 2.56. The summed E-state index contributed by atoms with van der Waals surface area (Å²) < 4.78 is 2.08. The van der Waals surface area contributed by atoms with Gasteiger partial charge in [-0.2, -0.15) is 0 Å². The highest BCUT2D eigenvalue weighted by Crippen LogP contribution is 2.38. The quantitative estimate of drug-likeness (QED) is 0.746. The van der Waals surface area contributed by atoms with Crippen LogP contribution in [0.3, 0.4) is 0 Å². The average molecular weight is 305 g/mol. The molecule has 1 fully saturated rings. The summed E-state index contributed by atoms with van der Waals surface area (Å²) in [6, 6.07) is 6.10. The predicted molar refractivity (Wildman–Crippen MR) is 87.0 cm³/mol. The number of fused-ring (bicyclic) bond motifs is 2. The van der Waals surface area contributed by atoms with Crippen molar-refractivity contribution in [3.63, 3.8) is 0 Å². The van der Waals surface area contributed by atoms with Crippen molar-refractivity contribution in [2.45, 2.75) is 38.3 Å². The Kier molecular flexibility index (Phi) is 2.94. The molecule has 0 N–H and O–H groups in total. The number of hydrogen-bond donors (Lipinski definition) is 0. The summed E-state index contributed by atoms with van der Waals surface area (Å²) in [5.74, 6) is 1.70. The van der Waals surface area contributed by atoms with E-state index in [1.165, 1.54) is 24.1 Å². The van der Waals surface area contributed by atoms with Crippen LogP contribution in [0.5, 0.6) is 0 Å². The highest BCUT2D eigenvalue weighted by molar-refractivity contribution is 5.39. The molecule has 4 heterocycles. The van der Waals surface area contributed by atoms with E-state index in [1.54, 1.807) is 0 Å². The SMILES string of the molecule is c1ccn2cc(CN3CCc4nc(C5CC5)ncc4C3)nc2c1. The van der Waals surface area contributed by atoms with Crippen LogP contribution in [0.1, 0.15) is 41.5 Å². The Bertz CT molecular complexity index is 832. The number of rotatable bonds is 3. The molecule has 0 atom stereocenters. The van der Waals surface area contributed by atoms with Gasteiger partial charge in [-0.15, -0.1) is 0 Å². The minimum absolute atomic E-state index is 0.635. The molecular formula is C18H19N5. The Morgan fingerprint density at radius 2 is 2.13 bits per heavy atom. The molecule has 0 spiro atoms. The minimum Gasteiger partial charge on any atom is -0.307 e. The van der Waals surface area contributed by atoms with E-state index in [2.05, 4.69) is 20.5 Å². The van der Waals surface area contributed by atoms with E-state index >= 15 is 0 Å². The molecule has 3 aromatic rings. The van der Waals surface area contributed by atoms with Gasteiger partial charge in [-0.3, -0.25) is 4.90 Å². The summed E-state index contributed by atoms with van der Waals surface area (Å²) in [6.45, 7) is 2.85. The van der Waals surface area contributed by atoms with E-state index in [9.17, 15) is 0 Å². The van der Waals surface area contributed by atoms with Crippen molar-refractivity contribution >= 4 is 5.65 Å². The van der Waals surface area contributed by atoms with Crippen LogP contribution in [0.2, 0.25) is 0 Å². The van der Waals surface area contributed by atoms with Gasteiger partial charge in [-0.1, -0.05) is 6.07 Å². The first-order chi connectivity index (χ1) is 11.3. The smallest absolute Gasteiger partial charge is 0.137 e. The largest absolute Gasteiger partial charge is 0.307 e. The van der Waals surface area contributed by atoms with Crippen LogP contribution >= 0.6 is 0 Å². The van der Waals surface area contributed by atoms with Crippen LogP contribution in [-0.4, -0.2) is 30.8 Å². The summed E-state index contributed by atoms with van der Waals surface area (Å²) >= 11 is 0. The molecule has 0 unspecified atom stereocenters. The fourth-order valence-corrected chi connectivity index (χ4v) is 3.36. The molecule has 0 saturated heterocycles. The van der Waals surface area contributed by atoms with Gasteiger partial charge < -0.3 is 4.40 Å². The Morgan fingerprint density at radius 3 is 3.00 bits per heavy atom. The lowest BCUT2D eigenvalue weighted by molar-refractivity contribution is 0.240. The molecule has 0 amide bonds. The zero-order chi connectivity index (χ0) is 15.2. The molecule has 1 aliphatic carbocycles. The highest BCUT2D eigenvalue weighted by atomic mass is 15.2. The second kappa shape index (κ2) is 5.13. The molecule has 0 aromatic carbocycles. The number of pyridine rings is 1. The standard InChI is InChI=1S/C18H19N5/c1-2-7-23-12-15(20-17(23)3-1)11-22-8-6-16-14(10-22)9-19-18(21-16)13-4-5-13/h1-3,7,9,12-13H,4-6,8,10-11H2. The van der Waals surface area contributed by atoms with E-state index in [0.29, 0.717) is 5.92 Å². The summed E-state index contributed by atoms with van der Waals surface area (Å²) in [6.07, 6.45) is 9.76. The molecule has 1 aliphatic heterocycles. The number of imidazole rings is 1. The maximum Gasteiger partial charge on any atom is 0.137 e. The van der Waals surface area contributed by atoms with Crippen LogP contribution in [0.4, 0.5) is 0 Å². The molecule has 0 bridgehead atoms. The van der Waals surface area contributed by atoms with Gasteiger partial charge in [0.25, 0.3) is 0 Å². The molecule has 0 radical (unpaired) electrons. The van der Waals surface area contributed by atoms with Gasteiger partial charge in [-0.05, 0) is 25.0 Å². The molecule has 5 nitrogen and oxygen atoms in total. The summed E-state index contributed by atoms with van der Waals surface area (Å²) in [5, 5.41) is 0. The normalized spacial score (nSPS) is 18.3. The molecule has 23 heavy (non-hydrogen) atoms. The fourth-order valence-electron chi connectivity index (χ4n) is 3.36.